The Morgan fingerprint density at radius 3 is 2.62 bits per heavy atom. The lowest BCUT2D eigenvalue weighted by molar-refractivity contribution is -0.119. The van der Waals surface area contributed by atoms with E-state index < -0.39 is 18.5 Å². The maximum Gasteiger partial charge on any atom is 0.351 e. The summed E-state index contributed by atoms with van der Waals surface area (Å²) in [6.45, 7) is -0.408. The third-order valence-electron chi connectivity index (χ3n) is 4.05. The van der Waals surface area contributed by atoms with Crippen molar-refractivity contribution in [2.75, 3.05) is 11.9 Å². The second kappa shape index (κ2) is 8.44. The fraction of sp³-hybridized carbons (Fsp3) is 0.0500. The molecule has 2 aromatic heterocycles. The molecule has 0 radical (unpaired) electrons. The van der Waals surface area contributed by atoms with Crippen LogP contribution in [0.3, 0.4) is 0 Å². The number of benzene rings is 2. The number of hydrogen-bond donors (Lipinski definition) is 1. The number of para-hydroxylation sites is 1. The van der Waals surface area contributed by atoms with Crippen molar-refractivity contribution in [1.29, 1.82) is 0 Å². The van der Waals surface area contributed by atoms with Gasteiger partial charge < -0.3 is 10.1 Å². The van der Waals surface area contributed by atoms with E-state index in [4.69, 9.17) is 4.74 Å². The van der Waals surface area contributed by atoms with E-state index in [2.05, 4.69) is 20.8 Å². The van der Waals surface area contributed by atoms with Gasteiger partial charge in [0.05, 0.1) is 5.69 Å². The molecule has 144 valence electrons. The third kappa shape index (κ3) is 4.19. The van der Waals surface area contributed by atoms with E-state index in [0.29, 0.717) is 16.3 Å². The highest BCUT2D eigenvalue weighted by Gasteiger charge is 2.18. The van der Waals surface area contributed by atoms with Gasteiger partial charge in [-0.25, -0.2) is 4.79 Å². The molecule has 0 unspecified atom stereocenters. The number of ether oxygens (including phenoxy) is 1. The summed E-state index contributed by atoms with van der Waals surface area (Å²) in [5.41, 5.74) is 3.00. The maximum absolute atomic E-state index is 12.4. The van der Waals surface area contributed by atoms with E-state index >= 15 is 0 Å². The van der Waals surface area contributed by atoms with E-state index in [1.165, 1.54) is 22.3 Å². The standard InChI is InChI=1S/C20H15N5O3S/c26-18(22-16-9-5-4-8-15(16)14-6-2-1-3-7-14)12-28-20(27)19-17(10-11-29-19)25-13-21-23-24-25/h1-11,13H,12H2,(H,22,26). The lowest BCUT2D eigenvalue weighted by Gasteiger charge is -2.11. The van der Waals surface area contributed by atoms with Gasteiger partial charge in [-0.2, -0.15) is 4.68 Å². The lowest BCUT2D eigenvalue weighted by atomic mass is 10.0. The van der Waals surface area contributed by atoms with Crippen LogP contribution in [0.1, 0.15) is 9.67 Å². The normalized spacial score (nSPS) is 10.5. The number of anilines is 1. The third-order valence-corrected chi connectivity index (χ3v) is 4.93. The fourth-order valence-electron chi connectivity index (χ4n) is 2.75. The Bertz CT molecular complexity index is 1130. The van der Waals surface area contributed by atoms with Gasteiger partial charge in [0.15, 0.2) is 6.61 Å². The molecule has 1 amide bonds. The van der Waals surface area contributed by atoms with Gasteiger partial charge in [0.25, 0.3) is 5.91 Å². The Morgan fingerprint density at radius 1 is 1.03 bits per heavy atom. The number of aromatic nitrogens is 4. The van der Waals surface area contributed by atoms with Crippen LogP contribution in [0, 0.1) is 0 Å². The summed E-state index contributed by atoms with van der Waals surface area (Å²) in [6.07, 6.45) is 1.38. The molecule has 0 saturated heterocycles. The molecule has 2 aromatic carbocycles. The van der Waals surface area contributed by atoms with Crippen molar-refractivity contribution in [3.8, 4) is 16.8 Å². The zero-order valence-corrected chi connectivity index (χ0v) is 15.9. The number of thiophene rings is 1. The van der Waals surface area contributed by atoms with E-state index in [9.17, 15) is 9.59 Å². The van der Waals surface area contributed by atoms with Crippen LogP contribution in [0.5, 0.6) is 0 Å². The smallest absolute Gasteiger partial charge is 0.351 e. The summed E-state index contributed by atoms with van der Waals surface area (Å²) >= 11 is 1.19. The van der Waals surface area contributed by atoms with Crippen LogP contribution in [-0.2, 0) is 9.53 Å². The largest absolute Gasteiger partial charge is 0.451 e. The monoisotopic (exact) mass is 405 g/mol. The van der Waals surface area contributed by atoms with Crippen LogP contribution < -0.4 is 5.32 Å². The summed E-state index contributed by atoms with van der Waals surface area (Å²) in [6, 6.07) is 18.9. The zero-order chi connectivity index (χ0) is 20.1. The molecule has 0 aliphatic carbocycles. The van der Waals surface area contributed by atoms with Crippen molar-refractivity contribution in [2.24, 2.45) is 0 Å². The van der Waals surface area contributed by atoms with Crippen molar-refractivity contribution >= 4 is 28.9 Å². The van der Waals surface area contributed by atoms with Gasteiger partial charge in [-0.3, -0.25) is 4.79 Å². The number of rotatable bonds is 6. The van der Waals surface area contributed by atoms with E-state index in [0.717, 1.165) is 11.1 Å². The van der Waals surface area contributed by atoms with E-state index in [1.54, 1.807) is 17.5 Å². The van der Waals surface area contributed by atoms with Crippen molar-refractivity contribution in [2.45, 2.75) is 0 Å². The molecule has 0 fully saturated rings. The predicted octanol–water partition coefficient (Wildman–Crippen LogP) is 3.19. The maximum atomic E-state index is 12.4. The van der Waals surface area contributed by atoms with Crippen LogP contribution in [0.25, 0.3) is 16.8 Å². The number of tetrazole rings is 1. The first-order chi connectivity index (χ1) is 14.2. The molecule has 0 aliphatic heterocycles. The Balaban J connectivity index is 1.42. The van der Waals surface area contributed by atoms with E-state index in [1.807, 2.05) is 48.5 Å². The zero-order valence-electron chi connectivity index (χ0n) is 15.1. The Morgan fingerprint density at radius 2 is 1.83 bits per heavy atom. The van der Waals surface area contributed by atoms with Gasteiger partial charge in [0, 0.05) is 11.3 Å². The van der Waals surface area contributed by atoms with Crippen LogP contribution in [0.15, 0.2) is 72.4 Å². The first kappa shape index (κ1) is 18.5. The number of nitrogens with one attached hydrogen (secondary N) is 1. The van der Waals surface area contributed by atoms with Gasteiger partial charge >= 0.3 is 5.97 Å². The van der Waals surface area contributed by atoms with Crippen molar-refractivity contribution in [1.82, 2.24) is 20.2 Å². The Labute approximate surface area is 169 Å². The number of carbonyl (C=O) groups is 2. The van der Waals surface area contributed by atoms with Crippen LogP contribution in [0.4, 0.5) is 5.69 Å². The van der Waals surface area contributed by atoms with Crippen molar-refractivity contribution < 1.29 is 14.3 Å². The molecule has 1 N–H and O–H groups in total. The molecule has 0 aliphatic rings. The second-order valence-electron chi connectivity index (χ2n) is 5.93. The van der Waals surface area contributed by atoms with Crippen LogP contribution in [-0.4, -0.2) is 38.7 Å². The highest BCUT2D eigenvalue weighted by molar-refractivity contribution is 7.12. The average Bonchev–Trinajstić information content (AvgIpc) is 3.44. The molecule has 29 heavy (non-hydrogen) atoms. The average molecular weight is 405 g/mol. The summed E-state index contributed by atoms with van der Waals surface area (Å²) in [5.74, 6) is -1.04. The van der Waals surface area contributed by atoms with Gasteiger partial charge in [0.1, 0.15) is 11.2 Å². The van der Waals surface area contributed by atoms with Crippen molar-refractivity contribution in [3.63, 3.8) is 0 Å². The Hall–Kier alpha value is -3.85. The van der Waals surface area contributed by atoms with Crippen LogP contribution in [0.2, 0.25) is 0 Å². The second-order valence-corrected chi connectivity index (χ2v) is 6.84. The molecular formula is C20H15N5O3S. The summed E-state index contributed by atoms with van der Waals surface area (Å²) in [4.78, 5) is 25.1. The molecule has 2 heterocycles. The van der Waals surface area contributed by atoms with Crippen LogP contribution >= 0.6 is 11.3 Å². The number of hydrogen-bond acceptors (Lipinski definition) is 7. The topological polar surface area (TPSA) is 99.0 Å². The number of carbonyl (C=O) groups excluding carboxylic acids is 2. The fourth-order valence-corrected chi connectivity index (χ4v) is 3.52. The molecule has 8 nitrogen and oxygen atoms in total. The highest BCUT2D eigenvalue weighted by Crippen LogP contribution is 2.27. The minimum atomic E-state index is -0.614. The number of amides is 1. The molecule has 0 saturated carbocycles. The molecule has 4 aromatic rings. The predicted molar refractivity (Wildman–Crippen MR) is 108 cm³/mol. The molecule has 9 heteroatoms. The molecule has 0 atom stereocenters. The van der Waals surface area contributed by atoms with Crippen molar-refractivity contribution in [3.05, 3.63) is 77.2 Å². The quantitative estimate of drug-likeness (QED) is 0.495. The Kier molecular flexibility index (Phi) is 5.39. The minimum Gasteiger partial charge on any atom is -0.451 e. The molecular weight excluding hydrogens is 390 g/mol. The van der Waals surface area contributed by atoms with E-state index in [-0.39, 0.29) is 0 Å². The molecule has 0 bridgehead atoms. The van der Waals surface area contributed by atoms with Gasteiger partial charge in [0.2, 0.25) is 0 Å². The molecule has 0 spiro atoms. The minimum absolute atomic E-state index is 0.315. The lowest BCUT2D eigenvalue weighted by Crippen LogP contribution is -2.21. The van der Waals surface area contributed by atoms with Gasteiger partial charge in [-0.1, -0.05) is 48.5 Å². The summed E-state index contributed by atoms with van der Waals surface area (Å²) < 4.78 is 6.55. The first-order valence-corrected chi connectivity index (χ1v) is 9.52. The number of esters is 1. The SMILES string of the molecule is O=C(COC(=O)c1sccc1-n1cnnn1)Nc1ccccc1-c1ccccc1. The summed E-state index contributed by atoms with van der Waals surface area (Å²) in [7, 11) is 0. The highest BCUT2D eigenvalue weighted by atomic mass is 32.1. The van der Waals surface area contributed by atoms with Gasteiger partial charge in [-0.05, 0) is 33.5 Å². The first-order valence-electron chi connectivity index (χ1n) is 8.64. The number of nitrogens with zero attached hydrogens (tertiary/aromatic N) is 4. The van der Waals surface area contributed by atoms with Gasteiger partial charge in [-0.15, -0.1) is 16.4 Å². The summed E-state index contributed by atoms with van der Waals surface area (Å²) in [5, 5.41) is 15.4. The molecule has 4 rings (SSSR count).